The van der Waals surface area contributed by atoms with E-state index in [2.05, 4.69) is 10.6 Å². The van der Waals surface area contributed by atoms with Crippen molar-refractivity contribution in [1.29, 1.82) is 0 Å². The molecule has 3 rings (SSSR count). The van der Waals surface area contributed by atoms with Crippen molar-refractivity contribution in [2.45, 2.75) is 18.5 Å². The van der Waals surface area contributed by atoms with Crippen LogP contribution in [-0.2, 0) is 4.79 Å². The van der Waals surface area contributed by atoms with E-state index >= 15 is 0 Å². The monoisotopic (exact) mass is 410 g/mol. The van der Waals surface area contributed by atoms with Gasteiger partial charge in [0.25, 0.3) is 0 Å². The maximum atomic E-state index is 13.3. The van der Waals surface area contributed by atoms with Crippen molar-refractivity contribution in [2.24, 2.45) is 0 Å². The average molecular weight is 411 g/mol. The highest BCUT2D eigenvalue weighted by Gasteiger charge is 2.21. The molecule has 2 N–H and O–H groups in total. The summed E-state index contributed by atoms with van der Waals surface area (Å²) in [6.45, 7) is 0.933. The first-order valence-corrected chi connectivity index (χ1v) is 9.81. The Morgan fingerprint density at radius 1 is 1.22 bits per heavy atom. The van der Waals surface area contributed by atoms with E-state index in [0.717, 1.165) is 34.9 Å². The van der Waals surface area contributed by atoms with Crippen molar-refractivity contribution < 1.29 is 13.9 Å². The average Bonchev–Trinajstić information content (AvgIpc) is 2.68. The molecule has 2 aromatic rings. The van der Waals surface area contributed by atoms with Crippen molar-refractivity contribution >= 4 is 30.1 Å². The Labute approximate surface area is 169 Å². The number of hydrogen-bond donors (Lipinski definition) is 2. The van der Waals surface area contributed by atoms with Gasteiger partial charge in [-0.1, -0.05) is 24.3 Å². The van der Waals surface area contributed by atoms with Gasteiger partial charge in [-0.05, 0) is 35.4 Å². The van der Waals surface area contributed by atoms with Gasteiger partial charge in [-0.2, -0.15) is 11.8 Å². The smallest absolute Gasteiger partial charge is 0.222 e. The van der Waals surface area contributed by atoms with Crippen molar-refractivity contribution in [3.63, 3.8) is 0 Å². The number of thioether (sulfide) groups is 1. The van der Waals surface area contributed by atoms with E-state index in [0.29, 0.717) is 6.42 Å². The van der Waals surface area contributed by atoms with Crippen LogP contribution in [0.15, 0.2) is 48.5 Å². The summed E-state index contributed by atoms with van der Waals surface area (Å²) in [5.74, 6) is 2.47. The van der Waals surface area contributed by atoms with Crippen LogP contribution in [0.1, 0.15) is 23.6 Å². The van der Waals surface area contributed by atoms with Crippen LogP contribution in [0.2, 0.25) is 0 Å². The van der Waals surface area contributed by atoms with Gasteiger partial charge in [-0.25, -0.2) is 4.39 Å². The molecule has 2 unspecified atom stereocenters. The molecule has 7 heteroatoms. The molecule has 0 saturated carbocycles. The van der Waals surface area contributed by atoms with E-state index in [4.69, 9.17) is 4.74 Å². The van der Waals surface area contributed by atoms with Gasteiger partial charge in [-0.15, -0.1) is 12.4 Å². The fraction of sp³-hybridized carbons (Fsp3) is 0.350. The molecular formula is C20H24ClFN2O2S. The highest BCUT2D eigenvalue weighted by molar-refractivity contribution is 7.99. The molecular weight excluding hydrogens is 387 g/mol. The second-order valence-corrected chi connectivity index (χ2v) is 7.41. The molecule has 1 saturated heterocycles. The Morgan fingerprint density at radius 3 is 2.41 bits per heavy atom. The van der Waals surface area contributed by atoms with Gasteiger partial charge in [-0.3, -0.25) is 4.79 Å². The van der Waals surface area contributed by atoms with Crippen LogP contribution in [0.5, 0.6) is 5.75 Å². The summed E-state index contributed by atoms with van der Waals surface area (Å²) in [6, 6.07) is 13.7. The molecule has 0 bridgehead atoms. The summed E-state index contributed by atoms with van der Waals surface area (Å²) >= 11 is 1.86. The fourth-order valence-electron chi connectivity index (χ4n) is 3.01. The lowest BCUT2D eigenvalue weighted by Gasteiger charge is -2.25. The minimum atomic E-state index is -0.328. The predicted octanol–water partition coefficient (Wildman–Crippen LogP) is 3.56. The number of carbonyl (C=O) groups excluding carboxylic acids is 1. The van der Waals surface area contributed by atoms with Gasteiger partial charge in [0.15, 0.2) is 0 Å². The predicted molar refractivity (Wildman–Crippen MR) is 110 cm³/mol. The van der Waals surface area contributed by atoms with Crippen LogP contribution >= 0.6 is 24.2 Å². The Bertz CT molecular complexity index is 722. The maximum Gasteiger partial charge on any atom is 0.222 e. The molecule has 0 aromatic heterocycles. The van der Waals surface area contributed by atoms with Crippen LogP contribution in [0.3, 0.4) is 0 Å². The zero-order valence-electron chi connectivity index (χ0n) is 15.1. The molecule has 0 radical (unpaired) electrons. The summed E-state index contributed by atoms with van der Waals surface area (Å²) in [6.07, 6.45) is 0.431. The number of halogens is 2. The number of carbonyl (C=O) groups is 1. The number of benzene rings is 2. The van der Waals surface area contributed by atoms with Crippen molar-refractivity contribution in [1.82, 2.24) is 10.6 Å². The molecule has 0 spiro atoms. The number of methoxy groups -OCH3 is 1. The first kappa shape index (κ1) is 21.5. The summed E-state index contributed by atoms with van der Waals surface area (Å²) in [7, 11) is 1.61. The molecule has 1 aliphatic heterocycles. The zero-order valence-corrected chi connectivity index (χ0v) is 16.7. The van der Waals surface area contributed by atoms with Crippen molar-refractivity contribution in [3.8, 4) is 5.75 Å². The number of nitrogens with one attached hydrogen (secondary N) is 2. The third kappa shape index (κ3) is 6.13. The molecule has 1 amide bonds. The van der Waals surface area contributed by atoms with Crippen LogP contribution < -0.4 is 15.4 Å². The Hall–Kier alpha value is -1.76. The minimum Gasteiger partial charge on any atom is -0.497 e. The van der Waals surface area contributed by atoms with Gasteiger partial charge in [0.05, 0.1) is 13.2 Å². The van der Waals surface area contributed by atoms with E-state index in [1.54, 1.807) is 19.2 Å². The van der Waals surface area contributed by atoms with Crippen molar-refractivity contribution in [3.05, 3.63) is 65.5 Å². The second kappa shape index (κ2) is 10.5. The summed E-state index contributed by atoms with van der Waals surface area (Å²) in [5.41, 5.74) is 1.77. The van der Waals surface area contributed by atoms with Gasteiger partial charge in [0.2, 0.25) is 5.91 Å². The lowest BCUT2D eigenvalue weighted by molar-refractivity contribution is -0.122. The standard InChI is InChI=1S/C20H23FN2O2S.ClH/c1-25-18-8-4-15(5-9-18)20(14-2-6-16(21)7-3-14)23-19(24)12-17-13-26-11-10-22-17;/h2-9,17,20,22H,10-13H2,1H3,(H,23,24);1H. The molecule has 0 aliphatic carbocycles. The second-order valence-electron chi connectivity index (χ2n) is 6.26. The molecule has 1 fully saturated rings. The molecule has 2 aromatic carbocycles. The number of amides is 1. The van der Waals surface area contributed by atoms with Gasteiger partial charge in [0.1, 0.15) is 11.6 Å². The van der Waals surface area contributed by atoms with E-state index < -0.39 is 0 Å². The largest absolute Gasteiger partial charge is 0.497 e. The Balaban J connectivity index is 0.00000261. The van der Waals surface area contributed by atoms with E-state index in [9.17, 15) is 9.18 Å². The normalized spacial score (nSPS) is 17.5. The summed E-state index contributed by atoms with van der Waals surface area (Å²) < 4.78 is 18.5. The van der Waals surface area contributed by atoms with Crippen LogP contribution in [0.4, 0.5) is 4.39 Å². The molecule has 1 heterocycles. The SMILES string of the molecule is COc1ccc(C(NC(=O)CC2CSCCN2)c2ccc(F)cc2)cc1.Cl. The van der Waals surface area contributed by atoms with E-state index in [1.165, 1.54) is 12.1 Å². The van der Waals surface area contributed by atoms with E-state index in [-0.39, 0.29) is 36.2 Å². The zero-order chi connectivity index (χ0) is 18.4. The first-order valence-electron chi connectivity index (χ1n) is 8.65. The van der Waals surface area contributed by atoms with Gasteiger partial charge >= 0.3 is 0 Å². The topological polar surface area (TPSA) is 50.4 Å². The summed E-state index contributed by atoms with van der Waals surface area (Å²) in [5, 5.41) is 6.48. The third-order valence-electron chi connectivity index (χ3n) is 4.39. The van der Waals surface area contributed by atoms with E-state index in [1.807, 2.05) is 36.0 Å². The number of ether oxygens (including phenoxy) is 1. The first-order chi connectivity index (χ1) is 12.7. The molecule has 146 valence electrons. The fourth-order valence-corrected chi connectivity index (χ4v) is 3.95. The minimum absolute atomic E-state index is 0. The number of hydrogen-bond acceptors (Lipinski definition) is 4. The highest BCUT2D eigenvalue weighted by atomic mass is 35.5. The van der Waals surface area contributed by atoms with Crippen LogP contribution in [0.25, 0.3) is 0 Å². The molecule has 1 aliphatic rings. The Kier molecular flexibility index (Phi) is 8.41. The molecule has 2 atom stereocenters. The van der Waals surface area contributed by atoms with Crippen molar-refractivity contribution in [2.75, 3.05) is 25.2 Å². The molecule has 4 nitrogen and oxygen atoms in total. The third-order valence-corrected chi connectivity index (χ3v) is 5.52. The van der Waals surface area contributed by atoms with Crippen LogP contribution in [-0.4, -0.2) is 37.1 Å². The lowest BCUT2D eigenvalue weighted by Crippen LogP contribution is -2.42. The highest BCUT2D eigenvalue weighted by Crippen LogP contribution is 2.25. The van der Waals surface area contributed by atoms with Gasteiger partial charge in [0, 0.05) is 30.5 Å². The van der Waals surface area contributed by atoms with Gasteiger partial charge < -0.3 is 15.4 Å². The summed E-state index contributed by atoms with van der Waals surface area (Å²) in [4.78, 5) is 12.6. The molecule has 27 heavy (non-hydrogen) atoms. The maximum absolute atomic E-state index is 13.3. The lowest BCUT2D eigenvalue weighted by atomic mass is 9.98. The number of rotatable bonds is 6. The quantitative estimate of drug-likeness (QED) is 0.764. The van der Waals surface area contributed by atoms with Crippen LogP contribution in [0, 0.1) is 5.82 Å². The Morgan fingerprint density at radius 2 is 1.85 bits per heavy atom.